The van der Waals surface area contributed by atoms with Crippen LogP contribution in [-0.4, -0.2) is 54.0 Å². The van der Waals surface area contributed by atoms with Crippen LogP contribution in [0.15, 0.2) is 0 Å². The van der Waals surface area contributed by atoms with Gasteiger partial charge in [-0.25, -0.2) is 0 Å². The summed E-state index contributed by atoms with van der Waals surface area (Å²) < 4.78 is 0. The van der Waals surface area contributed by atoms with Crippen LogP contribution in [0, 0.1) is 5.92 Å². The van der Waals surface area contributed by atoms with Crippen LogP contribution < -0.4 is 5.73 Å². The Bertz CT molecular complexity index is 270. The van der Waals surface area contributed by atoms with E-state index in [1.165, 1.54) is 0 Å². The number of nitrogens with zero attached hydrogens (tertiary/aromatic N) is 2. The van der Waals surface area contributed by atoms with E-state index in [-0.39, 0.29) is 17.9 Å². The summed E-state index contributed by atoms with van der Waals surface area (Å²) in [5.41, 5.74) is 5.94. The molecule has 1 atom stereocenters. The van der Waals surface area contributed by atoms with E-state index in [2.05, 4.69) is 18.7 Å². The van der Waals surface area contributed by atoms with Gasteiger partial charge in [-0.1, -0.05) is 13.8 Å². The fourth-order valence-corrected chi connectivity index (χ4v) is 2.49. The summed E-state index contributed by atoms with van der Waals surface area (Å²) in [6.45, 7) is 10.6. The van der Waals surface area contributed by atoms with Crippen molar-refractivity contribution >= 4 is 5.91 Å². The monoisotopic (exact) mass is 255 g/mol. The molecule has 0 spiro atoms. The van der Waals surface area contributed by atoms with Crippen molar-refractivity contribution in [1.29, 1.82) is 0 Å². The second-order valence-corrected chi connectivity index (χ2v) is 6.08. The van der Waals surface area contributed by atoms with Crippen molar-refractivity contribution < 1.29 is 4.79 Å². The lowest BCUT2D eigenvalue weighted by Gasteiger charge is -2.39. The quantitative estimate of drug-likeness (QED) is 0.824. The first kappa shape index (κ1) is 15.4. The standard InChI is InChI=1S/C14H29N3O/c1-10(2)13(15)14(18)16(5)12-6-8-17(9-7-12)11(3)4/h10-13H,6-9,15H2,1-5H3/t13-/m1/s1. The molecule has 1 amide bonds. The molecule has 0 radical (unpaired) electrons. The van der Waals surface area contributed by atoms with E-state index in [1.54, 1.807) is 0 Å². The number of piperidine rings is 1. The highest BCUT2D eigenvalue weighted by Crippen LogP contribution is 2.18. The number of carbonyl (C=O) groups excluding carboxylic acids is 1. The molecule has 0 aliphatic carbocycles. The van der Waals surface area contributed by atoms with E-state index >= 15 is 0 Å². The highest BCUT2D eigenvalue weighted by atomic mass is 16.2. The number of hydrogen-bond acceptors (Lipinski definition) is 3. The van der Waals surface area contributed by atoms with Gasteiger partial charge in [-0.15, -0.1) is 0 Å². The molecule has 0 aromatic heterocycles. The Morgan fingerprint density at radius 2 is 1.72 bits per heavy atom. The highest BCUT2D eigenvalue weighted by molar-refractivity contribution is 5.81. The maximum Gasteiger partial charge on any atom is 0.239 e. The zero-order valence-corrected chi connectivity index (χ0v) is 12.5. The zero-order valence-electron chi connectivity index (χ0n) is 12.5. The lowest BCUT2D eigenvalue weighted by Crippen LogP contribution is -2.52. The second kappa shape index (κ2) is 6.53. The van der Waals surface area contributed by atoms with Crippen molar-refractivity contribution in [2.75, 3.05) is 20.1 Å². The minimum Gasteiger partial charge on any atom is -0.341 e. The van der Waals surface area contributed by atoms with E-state index in [9.17, 15) is 4.79 Å². The molecular weight excluding hydrogens is 226 g/mol. The number of amides is 1. The molecule has 1 aliphatic heterocycles. The predicted octanol–water partition coefficient (Wildman–Crippen LogP) is 1.30. The molecule has 0 bridgehead atoms. The van der Waals surface area contributed by atoms with E-state index in [1.807, 2.05) is 25.8 Å². The average Bonchev–Trinajstić information content (AvgIpc) is 2.36. The fourth-order valence-electron chi connectivity index (χ4n) is 2.49. The molecule has 4 heteroatoms. The number of likely N-dealkylation sites (tertiary alicyclic amines) is 1. The Morgan fingerprint density at radius 3 is 2.11 bits per heavy atom. The summed E-state index contributed by atoms with van der Waals surface area (Å²) in [4.78, 5) is 16.5. The molecule has 0 saturated carbocycles. The van der Waals surface area contributed by atoms with Crippen LogP contribution >= 0.6 is 0 Å². The fraction of sp³-hybridized carbons (Fsp3) is 0.929. The highest BCUT2D eigenvalue weighted by Gasteiger charge is 2.29. The first-order chi connectivity index (χ1) is 8.34. The van der Waals surface area contributed by atoms with Gasteiger partial charge in [0.25, 0.3) is 0 Å². The number of hydrogen-bond donors (Lipinski definition) is 1. The van der Waals surface area contributed by atoms with E-state index in [0.717, 1.165) is 25.9 Å². The normalized spacial score (nSPS) is 20.4. The average molecular weight is 255 g/mol. The van der Waals surface area contributed by atoms with Crippen molar-refractivity contribution in [2.45, 2.75) is 58.7 Å². The number of nitrogens with two attached hydrogens (primary N) is 1. The van der Waals surface area contributed by atoms with Crippen LogP contribution in [-0.2, 0) is 4.79 Å². The smallest absolute Gasteiger partial charge is 0.239 e. The Labute approximate surface area is 111 Å². The molecule has 0 aromatic rings. The van der Waals surface area contributed by atoms with Crippen LogP contribution in [0.4, 0.5) is 0 Å². The Balaban J connectivity index is 2.49. The van der Waals surface area contributed by atoms with Crippen LogP contribution in [0.1, 0.15) is 40.5 Å². The number of rotatable bonds is 4. The third kappa shape index (κ3) is 3.69. The first-order valence-corrected chi connectivity index (χ1v) is 7.11. The van der Waals surface area contributed by atoms with Crippen molar-refractivity contribution in [3.8, 4) is 0 Å². The van der Waals surface area contributed by atoms with Gasteiger partial charge in [0.1, 0.15) is 0 Å². The summed E-state index contributed by atoms with van der Waals surface area (Å²) in [7, 11) is 1.90. The van der Waals surface area contributed by atoms with E-state index < -0.39 is 0 Å². The Kier molecular flexibility index (Phi) is 5.60. The largest absolute Gasteiger partial charge is 0.341 e. The molecule has 1 saturated heterocycles. The molecule has 1 rings (SSSR count). The maximum absolute atomic E-state index is 12.2. The SMILES string of the molecule is CC(C)[C@@H](N)C(=O)N(C)C1CCN(C(C)C)CC1. The summed E-state index contributed by atoms with van der Waals surface area (Å²) in [5.74, 6) is 0.295. The molecule has 1 aliphatic rings. The van der Waals surface area contributed by atoms with Gasteiger partial charge in [-0.3, -0.25) is 4.79 Å². The summed E-state index contributed by atoms with van der Waals surface area (Å²) in [6.07, 6.45) is 2.12. The minimum atomic E-state index is -0.363. The Morgan fingerprint density at radius 1 is 1.22 bits per heavy atom. The Hall–Kier alpha value is -0.610. The van der Waals surface area contributed by atoms with E-state index in [4.69, 9.17) is 5.73 Å². The lowest BCUT2D eigenvalue weighted by molar-refractivity contribution is -0.135. The van der Waals surface area contributed by atoms with E-state index in [0.29, 0.717) is 12.1 Å². The van der Waals surface area contributed by atoms with Gasteiger partial charge in [-0.05, 0) is 32.6 Å². The molecule has 4 nitrogen and oxygen atoms in total. The lowest BCUT2D eigenvalue weighted by atomic mass is 9.99. The van der Waals surface area contributed by atoms with Gasteiger partial charge in [0, 0.05) is 32.2 Å². The second-order valence-electron chi connectivity index (χ2n) is 6.08. The third-order valence-corrected chi connectivity index (χ3v) is 4.13. The number of carbonyl (C=O) groups is 1. The molecule has 0 aromatic carbocycles. The van der Waals surface area contributed by atoms with Gasteiger partial charge in [0.2, 0.25) is 5.91 Å². The van der Waals surface area contributed by atoms with Crippen LogP contribution in [0.3, 0.4) is 0 Å². The molecule has 18 heavy (non-hydrogen) atoms. The molecule has 2 N–H and O–H groups in total. The van der Waals surface area contributed by atoms with Gasteiger partial charge in [0.15, 0.2) is 0 Å². The molecule has 106 valence electrons. The predicted molar refractivity (Wildman–Crippen MR) is 75.3 cm³/mol. The zero-order chi connectivity index (χ0) is 13.9. The van der Waals surface area contributed by atoms with Gasteiger partial charge in [-0.2, -0.15) is 0 Å². The summed E-state index contributed by atoms with van der Waals surface area (Å²) in [5, 5.41) is 0. The first-order valence-electron chi connectivity index (χ1n) is 7.11. The van der Waals surface area contributed by atoms with Crippen LogP contribution in [0.25, 0.3) is 0 Å². The summed E-state index contributed by atoms with van der Waals surface area (Å²) in [6, 6.07) is 0.598. The molecular formula is C14H29N3O. The van der Waals surface area contributed by atoms with Crippen molar-refractivity contribution in [2.24, 2.45) is 11.7 Å². The minimum absolute atomic E-state index is 0.0907. The van der Waals surface area contributed by atoms with Crippen LogP contribution in [0.2, 0.25) is 0 Å². The van der Waals surface area contributed by atoms with Crippen molar-refractivity contribution in [3.63, 3.8) is 0 Å². The van der Waals surface area contributed by atoms with Crippen molar-refractivity contribution in [1.82, 2.24) is 9.80 Å². The number of likely N-dealkylation sites (N-methyl/N-ethyl adjacent to an activating group) is 1. The third-order valence-electron chi connectivity index (χ3n) is 4.13. The maximum atomic E-state index is 12.2. The van der Waals surface area contributed by atoms with Gasteiger partial charge in [0.05, 0.1) is 6.04 Å². The molecule has 1 heterocycles. The van der Waals surface area contributed by atoms with Crippen LogP contribution in [0.5, 0.6) is 0 Å². The van der Waals surface area contributed by atoms with Gasteiger partial charge < -0.3 is 15.5 Å². The van der Waals surface area contributed by atoms with Crippen molar-refractivity contribution in [3.05, 3.63) is 0 Å². The topological polar surface area (TPSA) is 49.6 Å². The molecule has 0 unspecified atom stereocenters. The van der Waals surface area contributed by atoms with Gasteiger partial charge >= 0.3 is 0 Å². The summed E-state index contributed by atoms with van der Waals surface area (Å²) >= 11 is 0. The molecule has 1 fully saturated rings.